The lowest BCUT2D eigenvalue weighted by Gasteiger charge is -2.08. The summed E-state index contributed by atoms with van der Waals surface area (Å²) < 4.78 is 5.27. The molecule has 126 valence electrons. The van der Waals surface area contributed by atoms with Crippen LogP contribution in [0, 0.1) is 0 Å². The smallest absolute Gasteiger partial charge is 0.305 e. The minimum atomic E-state index is -0.0113. The maximum absolute atomic E-state index is 11.5. The Morgan fingerprint density at radius 2 is 1.38 bits per heavy atom. The Hall–Kier alpha value is -0.570. The number of hydrogen-bond acceptors (Lipinski definition) is 3. The van der Waals surface area contributed by atoms with Crippen molar-refractivity contribution in [3.8, 4) is 0 Å². The van der Waals surface area contributed by atoms with Crippen molar-refractivity contribution in [3.05, 3.63) is 0 Å². The fraction of sp³-hybridized carbons (Fsp3) is 0.944. The van der Waals surface area contributed by atoms with Crippen molar-refractivity contribution in [1.29, 1.82) is 0 Å². The quantitative estimate of drug-likeness (QED) is 0.321. The van der Waals surface area contributed by atoms with Crippen LogP contribution in [0.25, 0.3) is 0 Å². The van der Waals surface area contributed by atoms with Gasteiger partial charge in [0.1, 0.15) is 0 Å². The van der Waals surface area contributed by atoms with Gasteiger partial charge in [0.05, 0.1) is 6.61 Å². The van der Waals surface area contributed by atoms with Gasteiger partial charge in [-0.25, -0.2) is 0 Å². The molecule has 0 heterocycles. The molecule has 0 N–H and O–H groups in total. The molecule has 0 radical (unpaired) electrons. The average molecular weight is 299 g/mol. The van der Waals surface area contributed by atoms with Gasteiger partial charge in [0, 0.05) is 6.42 Å². The second-order valence-electron chi connectivity index (χ2n) is 6.31. The standard InChI is InChI=1S/C18H37NO2/c1-4-5-6-7-8-9-10-14-17-21-18(20)15-12-11-13-16-19(2)3/h4-17H2,1-3H3. The molecule has 0 amide bonds. The van der Waals surface area contributed by atoms with Gasteiger partial charge in [0.25, 0.3) is 0 Å². The molecule has 0 rings (SSSR count). The molecule has 0 aromatic heterocycles. The summed E-state index contributed by atoms with van der Waals surface area (Å²) in [5, 5.41) is 0. The zero-order valence-corrected chi connectivity index (χ0v) is 14.7. The van der Waals surface area contributed by atoms with Gasteiger partial charge in [-0.1, -0.05) is 58.3 Å². The fourth-order valence-corrected chi connectivity index (χ4v) is 2.37. The molecule has 0 unspecified atom stereocenters. The van der Waals surface area contributed by atoms with Crippen molar-refractivity contribution in [3.63, 3.8) is 0 Å². The highest BCUT2D eigenvalue weighted by molar-refractivity contribution is 5.69. The first kappa shape index (κ1) is 20.4. The van der Waals surface area contributed by atoms with Crippen LogP contribution in [0.3, 0.4) is 0 Å². The zero-order valence-electron chi connectivity index (χ0n) is 14.7. The summed E-state index contributed by atoms with van der Waals surface area (Å²) >= 11 is 0. The predicted octanol–water partition coefficient (Wildman–Crippen LogP) is 4.79. The molecule has 0 saturated heterocycles. The number of esters is 1. The van der Waals surface area contributed by atoms with Crippen LogP contribution in [-0.2, 0) is 9.53 Å². The summed E-state index contributed by atoms with van der Waals surface area (Å²) in [5.74, 6) is -0.0113. The molecule has 0 saturated carbocycles. The maximum Gasteiger partial charge on any atom is 0.305 e. The van der Waals surface area contributed by atoms with Gasteiger partial charge in [0.15, 0.2) is 0 Å². The second-order valence-corrected chi connectivity index (χ2v) is 6.31. The summed E-state index contributed by atoms with van der Waals surface area (Å²) in [5.41, 5.74) is 0. The highest BCUT2D eigenvalue weighted by Gasteiger charge is 2.02. The predicted molar refractivity (Wildman–Crippen MR) is 90.6 cm³/mol. The molecule has 0 aliphatic carbocycles. The van der Waals surface area contributed by atoms with Crippen molar-refractivity contribution in [1.82, 2.24) is 4.90 Å². The number of unbranched alkanes of at least 4 members (excludes halogenated alkanes) is 9. The van der Waals surface area contributed by atoms with Crippen LogP contribution in [0.4, 0.5) is 0 Å². The Balaban J connectivity index is 3.16. The number of ether oxygens (including phenoxy) is 1. The molecule has 0 aliphatic rings. The molecule has 21 heavy (non-hydrogen) atoms. The molecule has 3 nitrogen and oxygen atoms in total. The Labute approximate surface area is 132 Å². The third-order valence-corrected chi connectivity index (χ3v) is 3.75. The van der Waals surface area contributed by atoms with Gasteiger partial charge in [0.2, 0.25) is 0 Å². The number of nitrogens with zero attached hydrogens (tertiary/aromatic N) is 1. The van der Waals surface area contributed by atoms with Crippen molar-refractivity contribution < 1.29 is 9.53 Å². The molecule has 0 aliphatic heterocycles. The molecule has 0 atom stereocenters. The summed E-state index contributed by atoms with van der Waals surface area (Å²) in [6.45, 7) is 3.97. The fourth-order valence-electron chi connectivity index (χ4n) is 2.37. The summed E-state index contributed by atoms with van der Waals surface area (Å²) in [6.07, 6.45) is 14.1. The van der Waals surface area contributed by atoms with Gasteiger partial charge in [-0.3, -0.25) is 4.79 Å². The van der Waals surface area contributed by atoms with E-state index in [1.165, 1.54) is 44.9 Å². The third-order valence-electron chi connectivity index (χ3n) is 3.75. The van der Waals surface area contributed by atoms with Crippen LogP contribution >= 0.6 is 0 Å². The Morgan fingerprint density at radius 3 is 2.00 bits per heavy atom. The van der Waals surface area contributed by atoms with Gasteiger partial charge in [-0.15, -0.1) is 0 Å². The van der Waals surface area contributed by atoms with Gasteiger partial charge in [-0.2, -0.15) is 0 Å². The van der Waals surface area contributed by atoms with Crippen LogP contribution in [0.2, 0.25) is 0 Å². The van der Waals surface area contributed by atoms with E-state index in [9.17, 15) is 4.79 Å². The van der Waals surface area contributed by atoms with E-state index in [2.05, 4.69) is 25.9 Å². The molecule has 0 aromatic rings. The van der Waals surface area contributed by atoms with Crippen LogP contribution in [0.15, 0.2) is 0 Å². The van der Waals surface area contributed by atoms with Gasteiger partial charge >= 0.3 is 5.97 Å². The van der Waals surface area contributed by atoms with Crippen molar-refractivity contribution >= 4 is 5.97 Å². The number of rotatable bonds is 15. The molecular weight excluding hydrogens is 262 g/mol. The zero-order chi connectivity index (χ0) is 15.8. The van der Waals surface area contributed by atoms with Crippen molar-refractivity contribution in [2.75, 3.05) is 27.2 Å². The molecule has 0 bridgehead atoms. The second kappa shape index (κ2) is 15.8. The van der Waals surface area contributed by atoms with Crippen LogP contribution in [0.5, 0.6) is 0 Å². The largest absolute Gasteiger partial charge is 0.466 e. The van der Waals surface area contributed by atoms with E-state index >= 15 is 0 Å². The Kier molecular flexibility index (Phi) is 15.4. The molecular formula is C18H37NO2. The average Bonchev–Trinajstić information content (AvgIpc) is 2.45. The van der Waals surface area contributed by atoms with Crippen LogP contribution in [-0.4, -0.2) is 38.1 Å². The summed E-state index contributed by atoms with van der Waals surface area (Å²) in [4.78, 5) is 13.7. The highest BCUT2D eigenvalue weighted by Crippen LogP contribution is 2.08. The van der Waals surface area contributed by atoms with Crippen molar-refractivity contribution in [2.24, 2.45) is 0 Å². The number of carbonyl (C=O) groups is 1. The van der Waals surface area contributed by atoms with E-state index in [-0.39, 0.29) is 5.97 Å². The number of carbonyl (C=O) groups excluding carboxylic acids is 1. The minimum absolute atomic E-state index is 0.0113. The first-order chi connectivity index (χ1) is 10.2. The topological polar surface area (TPSA) is 29.5 Å². The lowest BCUT2D eigenvalue weighted by molar-refractivity contribution is -0.143. The lowest BCUT2D eigenvalue weighted by Crippen LogP contribution is -2.13. The molecule has 3 heteroatoms. The van der Waals surface area contributed by atoms with Gasteiger partial charge < -0.3 is 9.64 Å². The van der Waals surface area contributed by atoms with Crippen molar-refractivity contribution in [2.45, 2.75) is 84.0 Å². The molecule has 0 fully saturated rings. The number of hydrogen-bond donors (Lipinski definition) is 0. The summed E-state index contributed by atoms with van der Waals surface area (Å²) in [7, 11) is 4.16. The van der Waals surface area contributed by atoms with E-state index < -0.39 is 0 Å². The van der Waals surface area contributed by atoms with E-state index in [0.29, 0.717) is 13.0 Å². The SMILES string of the molecule is CCCCCCCCCCOC(=O)CCCCCN(C)C. The van der Waals surface area contributed by atoms with Crippen LogP contribution in [0.1, 0.15) is 84.0 Å². The summed E-state index contributed by atoms with van der Waals surface area (Å²) in [6, 6.07) is 0. The first-order valence-electron chi connectivity index (χ1n) is 8.97. The highest BCUT2D eigenvalue weighted by atomic mass is 16.5. The Morgan fingerprint density at radius 1 is 0.810 bits per heavy atom. The molecule has 0 spiro atoms. The van der Waals surface area contributed by atoms with E-state index in [4.69, 9.17) is 4.74 Å². The molecule has 0 aromatic carbocycles. The van der Waals surface area contributed by atoms with E-state index in [1.807, 2.05) is 0 Å². The Bertz CT molecular complexity index is 229. The van der Waals surface area contributed by atoms with Crippen LogP contribution < -0.4 is 0 Å². The maximum atomic E-state index is 11.5. The third kappa shape index (κ3) is 17.4. The lowest BCUT2D eigenvalue weighted by atomic mass is 10.1. The van der Waals surface area contributed by atoms with E-state index in [0.717, 1.165) is 32.2 Å². The van der Waals surface area contributed by atoms with E-state index in [1.54, 1.807) is 0 Å². The first-order valence-corrected chi connectivity index (χ1v) is 8.97. The normalized spacial score (nSPS) is 11.0. The van der Waals surface area contributed by atoms with Gasteiger partial charge in [-0.05, 0) is 39.9 Å². The monoisotopic (exact) mass is 299 g/mol. The minimum Gasteiger partial charge on any atom is -0.466 e.